The van der Waals surface area contributed by atoms with Crippen LogP contribution >= 0.6 is 0 Å². The molecule has 8 heteroatoms. The van der Waals surface area contributed by atoms with Crippen molar-refractivity contribution in [2.24, 2.45) is 0 Å². The molecule has 0 unspecified atom stereocenters. The number of oxazole rings is 1. The molecule has 28 heavy (non-hydrogen) atoms. The number of amides is 1. The molecule has 0 aliphatic carbocycles. The smallest absolute Gasteiger partial charge is 0.228 e. The molecular weight excluding hydrogens is 361 g/mol. The van der Waals surface area contributed by atoms with Crippen LogP contribution in [-0.4, -0.2) is 44.1 Å². The highest BCUT2D eigenvalue weighted by Gasteiger charge is 2.26. The van der Waals surface area contributed by atoms with Crippen LogP contribution in [-0.2, 0) is 17.6 Å². The quantitative estimate of drug-likeness (QED) is 0.731. The number of nitrogens with one attached hydrogen (secondary N) is 1. The monoisotopic (exact) mass is 383 g/mol. The molecule has 0 spiro atoms. The number of aromatic nitrogens is 4. The molecule has 0 atom stereocenters. The number of nitrogens with zero attached hydrogens (tertiary/aromatic N) is 4. The summed E-state index contributed by atoms with van der Waals surface area (Å²) in [6.45, 7) is 3.40. The number of aryl methyl sites for hydroxylation is 1. The van der Waals surface area contributed by atoms with Crippen LogP contribution in [0.3, 0.4) is 0 Å². The number of H-pyrrole nitrogens is 1. The Labute approximate surface area is 162 Å². The number of piperidine rings is 1. The number of rotatable bonds is 5. The molecule has 1 aliphatic rings. The second-order valence-electron chi connectivity index (χ2n) is 6.98. The summed E-state index contributed by atoms with van der Waals surface area (Å²) >= 11 is 0. The van der Waals surface area contributed by atoms with Gasteiger partial charge in [0.2, 0.25) is 11.8 Å². The van der Waals surface area contributed by atoms with Crippen molar-refractivity contribution in [1.29, 1.82) is 0 Å². The lowest BCUT2D eigenvalue weighted by atomic mass is 9.96. The first-order chi connectivity index (χ1) is 13.6. The van der Waals surface area contributed by atoms with Gasteiger partial charge in [0.25, 0.3) is 0 Å². The van der Waals surface area contributed by atoms with Crippen molar-refractivity contribution in [3.8, 4) is 11.5 Å². The average Bonchev–Trinajstić information content (AvgIpc) is 3.38. The molecule has 146 valence electrons. The van der Waals surface area contributed by atoms with Gasteiger partial charge in [-0.3, -0.25) is 9.89 Å². The predicted octanol–water partition coefficient (Wildman–Crippen LogP) is 3.11. The second kappa shape index (κ2) is 7.92. The summed E-state index contributed by atoms with van der Waals surface area (Å²) < 4.78 is 18.5. The molecule has 1 aromatic carbocycles. The first-order valence-electron chi connectivity index (χ1n) is 9.51. The summed E-state index contributed by atoms with van der Waals surface area (Å²) in [5.74, 6) is 2.14. The maximum Gasteiger partial charge on any atom is 0.228 e. The third-order valence-corrected chi connectivity index (χ3v) is 5.07. The minimum atomic E-state index is -0.315. The van der Waals surface area contributed by atoms with Gasteiger partial charge in [-0.1, -0.05) is 6.92 Å². The van der Waals surface area contributed by atoms with Crippen molar-refractivity contribution in [2.75, 3.05) is 13.1 Å². The first kappa shape index (κ1) is 18.3. The minimum Gasteiger partial charge on any atom is -0.444 e. The van der Waals surface area contributed by atoms with E-state index in [-0.39, 0.29) is 24.1 Å². The van der Waals surface area contributed by atoms with Crippen LogP contribution < -0.4 is 0 Å². The lowest BCUT2D eigenvalue weighted by molar-refractivity contribution is -0.131. The van der Waals surface area contributed by atoms with Crippen LogP contribution in [0.15, 0.2) is 34.9 Å². The Morgan fingerprint density at radius 3 is 2.68 bits per heavy atom. The van der Waals surface area contributed by atoms with Gasteiger partial charge in [-0.15, -0.1) is 0 Å². The number of hydrogen-bond donors (Lipinski definition) is 1. The number of hydrogen-bond acceptors (Lipinski definition) is 5. The van der Waals surface area contributed by atoms with Crippen molar-refractivity contribution in [1.82, 2.24) is 25.1 Å². The van der Waals surface area contributed by atoms with Crippen LogP contribution in [0.1, 0.15) is 43.0 Å². The number of halogens is 1. The lowest BCUT2D eigenvalue weighted by Gasteiger charge is -2.30. The summed E-state index contributed by atoms with van der Waals surface area (Å²) in [5.41, 5.74) is 1.26. The Bertz CT molecular complexity index is 942. The van der Waals surface area contributed by atoms with Crippen LogP contribution in [0.4, 0.5) is 4.39 Å². The summed E-state index contributed by atoms with van der Waals surface area (Å²) in [5, 5.41) is 7.26. The Kier molecular flexibility index (Phi) is 5.18. The zero-order valence-corrected chi connectivity index (χ0v) is 15.7. The maximum absolute atomic E-state index is 13.0. The molecule has 0 radical (unpaired) electrons. The standard InChI is InChI=1S/C20H22FN5O2/c1-2-17-23-19(25-24-17)13-7-9-26(10-8-13)18(27)11-16-12-28-20(22-16)14-3-5-15(21)6-4-14/h3-6,12-13H,2,7-11H2,1H3,(H,23,24,25). The van der Waals surface area contributed by atoms with E-state index < -0.39 is 0 Å². The second-order valence-corrected chi connectivity index (χ2v) is 6.98. The number of likely N-dealkylation sites (tertiary alicyclic amines) is 1. The van der Waals surface area contributed by atoms with E-state index in [2.05, 4.69) is 20.2 Å². The van der Waals surface area contributed by atoms with Gasteiger partial charge in [-0.05, 0) is 37.1 Å². The van der Waals surface area contributed by atoms with Crippen molar-refractivity contribution >= 4 is 5.91 Å². The van der Waals surface area contributed by atoms with E-state index in [4.69, 9.17) is 4.42 Å². The maximum atomic E-state index is 13.0. The van der Waals surface area contributed by atoms with E-state index in [1.165, 1.54) is 18.4 Å². The van der Waals surface area contributed by atoms with E-state index >= 15 is 0 Å². The molecule has 1 amide bonds. The molecule has 1 N–H and O–H groups in total. The van der Waals surface area contributed by atoms with E-state index in [0.29, 0.717) is 30.2 Å². The number of benzene rings is 1. The molecule has 7 nitrogen and oxygen atoms in total. The third kappa shape index (κ3) is 3.95. The Hall–Kier alpha value is -3.03. The summed E-state index contributed by atoms with van der Waals surface area (Å²) in [6.07, 6.45) is 4.22. The molecule has 1 saturated heterocycles. The molecule has 2 aromatic heterocycles. The highest BCUT2D eigenvalue weighted by molar-refractivity contribution is 5.78. The summed E-state index contributed by atoms with van der Waals surface area (Å²) in [6, 6.07) is 5.91. The van der Waals surface area contributed by atoms with E-state index in [1.54, 1.807) is 12.1 Å². The van der Waals surface area contributed by atoms with Crippen LogP contribution in [0.2, 0.25) is 0 Å². The number of carbonyl (C=O) groups is 1. The fraction of sp³-hybridized carbons (Fsp3) is 0.400. The molecule has 1 aliphatic heterocycles. The van der Waals surface area contributed by atoms with Gasteiger partial charge in [-0.2, -0.15) is 5.10 Å². The van der Waals surface area contributed by atoms with Crippen molar-refractivity contribution in [3.05, 3.63) is 53.7 Å². The van der Waals surface area contributed by atoms with Gasteiger partial charge in [0, 0.05) is 31.0 Å². The predicted molar refractivity (Wildman–Crippen MR) is 99.9 cm³/mol. The van der Waals surface area contributed by atoms with Gasteiger partial charge >= 0.3 is 0 Å². The highest BCUT2D eigenvalue weighted by atomic mass is 19.1. The molecule has 0 bridgehead atoms. The Morgan fingerprint density at radius 2 is 2.00 bits per heavy atom. The minimum absolute atomic E-state index is 0.0293. The van der Waals surface area contributed by atoms with Crippen LogP contribution in [0.5, 0.6) is 0 Å². The number of aromatic amines is 1. The topological polar surface area (TPSA) is 87.9 Å². The number of carbonyl (C=O) groups excluding carboxylic acids is 1. The van der Waals surface area contributed by atoms with Gasteiger partial charge in [0.15, 0.2) is 5.82 Å². The van der Waals surface area contributed by atoms with Crippen molar-refractivity contribution < 1.29 is 13.6 Å². The van der Waals surface area contributed by atoms with Crippen LogP contribution in [0, 0.1) is 5.82 Å². The fourth-order valence-corrected chi connectivity index (χ4v) is 3.42. The van der Waals surface area contributed by atoms with E-state index in [9.17, 15) is 9.18 Å². The molecule has 3 aromatic rings. The van der Waals surface area contributed by atoms with E-state index in [1.807, 2.05) is 11.8 Å². The molecule has 0 saturated carbocycles. The Balaban J connectivity index is 1.33. The molecule has 1 fully saturated rings. The SMILES string of the molecule is CCc1nc(C2CCN(C(=O)Cc3coc(-c4ccc(F)cc4)n3)CC2)n[nH]1. The first-order valence-corrected chi connectivity index (χ1v) is 9.51. The highest BCUT2D eigenvalue weighted by Crippen LogP contribution is 2.26. The fourth-order valence-electron chi connectivity index (χ4n) is 3.42. The normalized spacial score (nSPS) is 15.1. The molecule has 4 rings (SSSR count). The van der Waals surface area contributed by atoms with Crippen molar-refractivity contribution in [2.45, 2.75) is 38.5 Å². The largest absolute Gasteiger partial charge is 0.444 e. The van der Waals surface area contributed by atoms with Gasteiger partial charge < -0.3 is 9.32 Å². The van der Waals surface area contributed by atoms with Crippen LogP contribution in [0.25, 0.3) is 11.5 Å². The van der Waals surface area contributed by atoms with Gasteiger partial charge in [0.1, 0.15) is 17.9 Å². The van der Waals surface area contributed by atoms with E-state index in [0.717, 1.165) is 30.9 Å². The van der Waals surface area contributed by atoms with Crippen molar-refractivity contribution in [3.63, 3.8) is 0 Å². The zero-order valence-electron chi connectivity index (χ0n) is 15.7. The van der Waals surface area contributed by atoms with Gasteiger partial charge in [-0.25, -0.2) is 14.4 Å². The average molecular weight is 383 g/mol. The Morgan fingerprint density at radius 1 is 1.25 bits per heavy atom. The summed E-state index contributed by atoms with van der Waals surface area (Å²) in [7, 11) is 0. The third-order valence-electron chi connectivity index (χ3n) is 5.07. The molecular formula is C20H22FN5O2. The summed E-state index contributed by atoms with van der Waals surface area (Å²) in [4.78, 5) is 23.3. The van der Waals surface area contributed by atoms with Gasteiger partial charge in [0.05, 0.1) is 12.1 Å². The zero-order chi connectivity index (χ0) is 19.5. The molecule has 3 heterocycles. The lowest BCUT2D eigenvalue weighted by Crippen LogP contribution is -2.39.